The normalized spacial score (nSPS) is 15.2. The monoisotopic (exact) mass is 472 g/mol. The number of rotatable bonds is 7. The lowest BCUT2D eigenvalue weighted by Gasteiger charge is -2.29. The van der Waals surface area contributed by atoms with Crippen LogP contribution in [-0.2, 0) is 19.0 Å². The van der Waals surface area contributed by atoms with Crippen molar-refractivity contribution in [3.63, 3.8) is 0 Å². The van der Waals surface area contributed by atoms with E-state index in [1.807, 2.05) is 0 Å². The summed E-state index contributed by atoms with van der Waals surface area (Å²) in [5, 5.41) is 5.69. The van der Waals surface area contributed by atoms with E-state index in [1.165, 1.54) is 31.4 Å². The van der Waals surface area contributed by atoms with E-state index < -0.39 is 30.0 Å². The fourth-order valence-corrected chi connectivity index (χ4v) is 3.29. The number of esters is 3. The molecule has 1 heterocycles. The smallest absolute Gasteiger partial charge is 0.338 e. The maximum Gasteiger partial charge on any atom is 0.338 e. The van der Waals surface area contributed by atoms with Gasteiger partial charge in [0.15, 0.2) is 0 Å². The van der Waals surface area contributed by atoms with E-state index in [0.29, 0.717) is 10.6 Å². The molecule has 2 aromatic rings. The number of halogens is 1. The zero-order valence-electron chi connectivity index (χ0n) is 17.8. The zero-order chi connectivity index (χ0) is 24.0. The fourth-order valence-electron chi connectivity index (χ4n) is 3.17. The Morgan fingerprint density at radius 3 is 2.09 bits per heavy atom. The topological polar surface area (TPSA) is 120 Å². The molecule has 1 unspecified atom stereocenters. The van der Waals surface area contributed by atoms with Crippen LogP contribution in [0.1, 0.15) is 39.2 Å². The van der Waals surface area contributed by atoms with Crippen molar-refractivity contribution in [1.82, 2.24) is 10.6 Å². The quantitative estimate of drug-likeness (QED) is 0.469. The van der Waals surface area contributed by atoms with E-state index in [9.17, 15) is 19.2 Å². The van der Waals surface area contributed by atoms with Crippen molar-refractivity contribution >= 4 is 35.5 Å². The van der Waals surface area contributed by atoms with Gasteiger partial charge in [0.2, 0.25) is 0 Å². The summed E-state index contributed by atoms with van der Waals surface area (Å²) < 4.78 is 15.1. The second kappa shape index (κ2) is 10.6. The molecule has 0 saturated heterocycles. The molecule has 10 heteroatoms. The molecule has 1 aliphatic rings. The number of amides is 2. The van der Waals surface area contributed by atoms with Gasteiger partial charge in [0, 0.05) is 5.02 Å². The van der Waals surface area contributed by atoms with Crippen LogP contribution in [0.2, 0.25) is 5.02 Å². The van der Waals surface area contributed by atoms with E-state index >= 15 is 0 Å². The number of methoxy groups -OCH3 is 1. The number of nitrogens with one attached hydrogen (secondary N) is 2. The van der Waals surface area contributed by atoms with E-state index in [0.717, 1.165) is 0 Å². The Balaban J connectivity index is 1.86. The predicted octanol–water partition coefficient (Wildman–Crippen LogP) is 3.15. The largest absolute Gasteiger partial charge is 0.465 e. The Morgan fingerprint density at radius 1 is 0.909 bits per heavy atom. The number of benzene rings is 2. The highest BCUT2D eigenvalue weighted by Crippen LogP contribution is 2.29. The molecule has 0 aromatic heterocycles. The lowest BCUT2D eigenvalue weighted by Crippen LogP contribution is -2.47. The third kappa shape index (κ3) is 5.69. The van der Waals surface area contributed by atoms with Gasteiger partial charge in [-0.2, -0.15) is 0 Å². The van der Waals surface area contributed by atoms with Gasteiger partial charge in [0.25, 0.3) is 0 Å². The molecule has 172 valence electrons. The molecule has 1 aliphatic heterocycles. The molecular formula is C23H21ClN2O7. The molecular weight excluding hydrogens is 452 g/mol. The molecule has 0 aliphatic carbocycles. The van der Waals surface area contributed by atoms with Gasteiger partial charge >= 0.3 is 23.9 Å². The predicted molar refractivity (Wildman–Crippen MR) is 118 cm³/mol. The van der Waals surface area contributed by atoms with Crippen molar-refractivity contribution in [2.75, 3.05) is 20.3 Å². The van der Waals surface area contributed by atoms with Gasteiger partial charge in [-0.15, -0.1) is 0 Å². The summed E-state index contributed by atoms with van der Waals surface area (Å²) >= 11 is 5.95. The maximum absolute atomic E-state index is 12.7. The SMILES string of the molecule is CCOC(=O)C1=C(COC(=O)c2ccc(C(=O)OC)cc2)NC(=O)NC1c1ccc(Cl)cc1. The molecule has 0 saturated carbocycles. The second-order valence-electron chi connectivity index (χ2n) is 6.84. The fraction of sp³-hybridized carbons (Fsp3) is 0.217. The van der Waals surface area contributed by atoms with Crippen molar-refractivity contribution in [1.29, 1.82) is 0 Å². The van der Waals surface area contributed by atoms with Crippen LogP contribution in [0, 0.1) is 0 Å². The summed E-state index contributed by atoms with van der Waals surface area (Å²) in [6.07, 6.45) is 0. The zero-order valence-corrected chi connectivity index (χ0v) is 18.6. The second-order valence-corrected chi connectivity index (χ2v) is 7.28. The van der Waals surface area contributed by atoms with Crippen molar-refractivity contribution in [3.8, 4) is 0 Å². The van der Waals surface area contributed by atoms with Gasteiger partial charge in [0.1, 0.15) is 6.61 Å². The molecule has 2 amide bonds. The van der Waals surface area contributed by atoms with Gasteiger partial charge in [-0.25, -0.2) is 19.2 Å². The number of hydrogen-bond acceptors (Lipinski definition) is 7. The summed E-state index contributed by atoms with van der Waals surface area (Å²) in [4.78, 5) is 49.0. The highest BCUT2D eigenvalue weighted by molar-refractivity contribution is 6.30. The van der Waals surface area contributed by atoms with E-state index in [-0.39, 0.29) is 35.6 Å². The van der Waals surface area contributed by atoms with E-state index in [2.05, 4.69) is 15.4 Å². The molecule has 0 spiro atoms. The Kier molecular flexibility index (Phi) is 7.68. The van der Waals surface area contributed by atoms with Gasteiger partial charge in [0.05, 0.1) is 42.2 Å². The molecule has 1 atom stereocenters. The molecule has 0 bridgehead atoms. The van der Waals surface area contributed by atoms with Crippen molar-refractivity contribution in [2.24, 2.45) is 0 Å². The van der Waals surface area contributed by atoms with Crippen molar-refractivity contribution in [3.05, 3.63) is 81.5 Å². The van der Waals surface area contributed by atoms with Gasteiger partial charge in [-0.05, 0) is 48.9 Å². The first-order valence-corrected chi connectivity index (χ1v) is 10.3. The number of hydrogen-bond donors (Lipinski definition) is 2. The van der Waals surface area contributed by atoms with Crippen LogP contribution in [0.15, 0.2) is 59.8 Å². The summed E-state index contributed by atoms with van der Waals surface area (Å²) in [6.45, 7) is 1.38. The van der Waals surface area contributed by atoms with Crippen LogP contribution >= 0.6 is 11.6 Å². The summed E-state index contributed by atoms with van der Waals surface area (Å²) in [5.41, 5.74) is 1.25. The Bertz CT molecular complexity index is 1090. The lowest BCUT2D eigenvalue weighted by atomic mass is 9.95. The minimum absolute atomic E-state index is 0.0941. The molecule has 2 N–H and O–H groups in total. The first-order valence-electron chi connectivity index (χ1n) is 9.92. The molecule has 3 rings (SSSR count). The average molecular weight is 473 g/mol. The molecule has 0 radical (unpaired) electrons. The van der Waals surface area contributed by atoms with Crippen LogP contribution < -0.4 is 10.6 Å². The molecule has 9 nitrogen and oxygen atoms in total. The summed E-state index contributed by atoms with van der Waals surface area (Å²) in [5.74, 6) is -1.92. The number of urea groups is 1. The van der Waals surface area contributed by atoms with Gasteiger partial charge < -0.3 is 24.8 Å². The number of carbonyl (C=O) groups is 4. The first-order chi connectivity index (χ1) is 15.8. The van der Waals surface area contributed by atoms with Crippen LogP contribution in [-0.4, -0.2) is 44.3 Å². The van der Waals surface area contributed by atoms with Gasteiger partial charge in [-0.1, -0.05) is 23.7 Å². The average Bonchev–Trinajstić information content (AvgIpc) is 2.82. The molecule has 2 aromatic carbocycles. The third-order valence-electron chi connectivity index (χ3n) is 4.74. The van der Waals surface area contributed by atoms with Crippen molar-refractivity contribution in [2.45, 2.75) is 13.0 Å². The maximum atomic E-state index is 12.7. The van der Waals surface area contributed by atoms with Crippen LogP contribution in [0.3, 0.4) is 0 Å². The van der Waals surface area contributed by atoms with E-state index in [1.54, 1.807) is 31.2 Å². The number of ether oxygens (including phenoxy) is 3. The Hall–Kier alpha value is -3.85. The molecule has 33 heavy (non-hydrogen) atoms. The van der Waals surface area contributed by atoms with Crippen LogP contribution in [0.4, 0.5) is 4.79 Å². The first kappa shape index (κ1) is 23.8. The highest BCUT2D eigenvalue weighted by atomic mass is 35.5. The summed E-state index contributed by atoms with van der Waals surface area (Å²) in [7, 11) is 1.25. The summed E-state index contributed by atoms with van der Waals surface area (Å²) in [6, 6.07) is 10.9. The van der Waals surface area contributed by atoms with Crippen LogP contribution in [0.25, 0.3) is 0 Å². The minimum atomic E-state index is -0.830. The van der Waals surface area contributed by atoms with Gasteiger partial charge in [-0.3, -0.25) is 0 Å². The minimum Gasteiger partial charge on any atom is -0.465 e. The standard InChI is InChI=1S/C23H21ClN2O7/c1-3-32-22(29)18-17(25-23(30)26-19(18)13-8-10-16(24)11-9-13)12-33-21(28)15-6-4-14(5-7-15)20(27)31-2/h4-11,19H,3,12H2,1-2H3,(H2,25,26,30). The van der Waals surface area contributed by atoms with Crippen molar-refractivity contribution < 1.29 is 33.4 Å². The van der Waals surface area contributed by atoms with Crippen LogP contribution in [0.5, 0.6) is 0 Å². The highest BCUT2D eigenvalue weighted by Gasteiger charge is 2.34. The Morgan fingerprint density at radius 2 is 1.52 bits per heavy atom. The lowest BCUT2D eigenvalue weighted by molar-refractivity contribution is -0.139. The molecule has 0 fully saturated rings. The van der Waals surface area contributed by atoms with E-state index in [4.69, 9.17) is 21.1 Å². The Labute approximate surface area is 194 Å². The third-order valence-corrected chi connectivity index (χ3v) is 4.99. The number of carbonyl (C=O) groups excluding carboxylic acids is 4.